The van der Waals surface area contributed by atoms with Crippen LogP contribution >= 0.6 is 0 Å². The lowest BCUT2D eigenvalue weighted by atomic mass is 10.0. The van der Waals surface area contributed by atoms with E-state index in [-0.39, 0.29) is 5.75 Å². The number of aryl methyl sites for hydroxylation is 1. The van der Waals surface area contributed by atoms with Crippen molar-refractivity contribution in [1.29, 1.82) is 0 Å². The predicted molar refractivity (Wildman–Crippen MR) is 85.1 cm³/mol. The van der Waals surface area contributed by atoms with E-state index in [0.717, 1.165) is 16.7 Å². The van der Waals surface area contributed by atoms with E-state index in [4.69, 9.17) is 9.26 Å². The Bertz CT molecular complexity index is 867. The summed E-state index contributed by atoms with van der Waals surface area (Å²) in [4.78, 5) is 11.6. The molecule has 1 aromatic heterocycles. The van der Waals surface area contributed by atoms with Crippen LogP contribution in [0.1, 0.15) is 15.9 Å². The summed E-state index contributed by atoms with van der Waals surface area (Å²) in [5, 5.41) is 13.5. The van der Waals surface area contributed by atoms with Crippen molar-refractivity contribution >= 4 is 5.97 Å². The van der Waals surface area contributed by atoms with Gasteiger partial charge in [0.05, 0.1) is 12.7 Å². The molecule has 0 aliphatic heterocycles. The number of aromatic hydroxyl groups is 1. The zero-order valence-corrected chi connectivity index (χ0v) is 12.7. The van der Waals surface area contributed by atoms with Gasteiger partial charge in [0.1, 0.15) is 11.4 Å². The van der Waals surface area contributed by atoms with Gasteiger partial charge in [-0.05, 0) is 42.8 Å². The van der Waals surface area contributed by atoms with E-state index >= 15 is 0 Å². The smallest absolute Gasteiger partial charge is 0.337 e. The van der Waals surface area contributed by atoms with Crippen LogP contribution in [0.3, 0.4) is 0 Å². The van der Waals surface area contributed by atoms with Crippen molar-refractivity contribution in [2.75, 3.05) is 7.11 Å². The van der Waals surface area contributed by atoms with Gasteiger partial charge in [-0.3, -0.25) is 0 Å². The largest absolute Gasteiger partial charge is 0.508 e. The molecule has 2 aromatic carbocycles. The highest BCUT2D eigenvalue weighted by Crippen LogP contribution is 2.30. The topological polar surface area (TPSA) is 72.6 Å². The number of carbonyl (C=O) groups excluding carboxylic acids is 1. The van der Waals surface area contributed by atoms with Gasteiger partial charge in [0.2, 0.25) is 0 Å². The van der Waals surface area contributed by atoms with Crippen LogP contribution < -0.4 is 0 Å². The number of esters is 1. The van der Waals surface area contributed by atoms with Crippen LogP contribution in [0.25, 0.3) is 22.6 Å². The molecule has 3 rings (SSSR count). The van der Waals surface area contributed by atoms with Gasteiger partial charge in [0.25, 0.3) is 0 Å². The number of nitrogens with zero attached hydrogens (tertiary/aromatic N) is 1. The van der Waals surface area contributed by atoms with Crippen molar-refractivity contribution in [3.05, 3.63) is 59.7 Å². The Balaban J connectivity index is 1.97. The summed E-state index contributed by atoms with van der Waals surface area (Å²) in [6, 6.07) is 13.8. The molecule has 0 aliphatic carbocycles. The third-order valence-corrected chi connectivity index (χ3v) is 3.57. The second-order valence-corrected chi connectivity index (χ2v) is 5.15. The van der Waals surface area contributed by atoms with Gasteiger partial charge in [0.15, 0.2) is 5.76 Å². The van der Waals surface area contributed by atoms with E-state index in [9.17, 15) is 9.90 Å². The van der Waals surface area contributed by atoms with Crippen LogP contribution in [0.2, 0.25) is 0 Å². The minimum Gasteiger partial charge on any atom is -0.508 e. The molecule has 5 nitrogen and oxygen atoms in total. The number of benzene rings is 2. The number of hydrogen-bond donors (Lipinski definition) is 1. The van der Waals surface area contributed by atoms with Gasteiger partial charge < -0.3 is 14.4 Å². The van der Waals surface area contributed by atoms with E-state index in [0.29, 0.717) is 17.0 Å². The van der Waals surface area contributed by atoms with E-state index in [1.807, 2.05) is 13.0 Å². The van der Waals surface area contributed by atoms with Crippen molar-refractivity contribution < 1.29 is 19.2 Å². The summed E-state index contributed by atoms with van der Waals surface area (Å²) in [5.41, 5.74) is 3.58. The normalized spacial score (nSPS) is 10.5. The zero-order chi connectivity index (χ0) is 16.4. The molecule has 0 saturated carbocycles. The third-order valence-electron chi connectivity index (χ3n) is 3.57. The average molecular weight is 309 g/mol. The summed E-state index contributed by atoms with van der Waals surface area (Å²) in [6.45, 7) is 1.88. The van der Waals surface area contributed by atoms with Crippen LogP contribution in [-0.4, -0.2) is 23.3 Å². The van der Waals surface area contributed by atoms with Gasteiger partial charge >= 0.3 is 5.97 Å². The number of ether oxygens (including phenoxy) is 1. The molecule has 23 heavy (non-hydrogen) atoms. The average Bonchev–Trinajstić information content (AvgIpc) is 3.04. The van der Waals surface area contributed by atoms with Crippen molar-refractivity contribution in [2.24, 2.45) is 0 Å². The maximum atomic E-state index is 11.6. The molecule has 0 amide bonds. The number of rotatable bonds is 3. The summed E-state index contributed by atoms with van der Waals surface area (Å²) >= 11 is 0. The maximum absolute atomic E-state index is 11.6. The van der Waals surface area contributed by atoms with Crippen molar-refractivity contribution in [3.8, 4) is 28.3 Å². The number of phenolic OH excluding ortho intramolecular Hbond substituents is 1. The van der Waals surface area contributed by atoms with Crippen LogP contribution in [-0.2, 0) is 4.74 Å². The Kier molecular flexibility index (Phi) is 3.85. The molecule has 0 saturated heterocycles. The fraction of sp³-hybridized carbons (Fsp3) is 0.111. The summed E-state index contributed by atoms with van der Waals surface area (Å²) < 4.78 is 10.1. The van der Waals surface area contributed by atoms with Crippen molar-refractivity contribution in [2.45, 2.75) is 6.92 Å². The molecule has 0 aliphatic rings. The first kappa shape index (κ1) is 14.8. The SMILES string of the molecule is COC(=O)c1cccc(-c2cc(-c3ccc(O)cc3C)on2)c1. The Morgan fingerprint density at radius 1 is 1.17 bits per heavy atom. The number of carbonyl (C=O) groups is 1. The lowest BCUT2D eigenvalue weighted by Gasteiger charge is -2.01. The van der Waals surface area contributed by atoms with Crippen molar-refractivity contribution in [1.82, 2.24) is 5.16 Å². The third kappa shape index (κ3) is 2.94. The van der Waals surface area contributed by atoms with E-state index in [1.54, 1.807) is 42.5 Å². The van der Waals surface area contributed by atoms with Crippen molar-refractivity contribution in [3.63, 3.8) is 0 Å². The predicted octanol–water partition coefficient (Wildman–Crippen LogP) is 3.81. The minimum absolute atomic E-state index is 0.205. The number of phenols is 1. The van der Waals surface area contributed by atoms with Crippen LogP contribution in [0, 0.1) is 6.92 Å². The summed E-state index contributed by atoms with van der Waals surface area (Å²) in [7, 11) is 1.34. The van der Waals surface area contributed by atoms with Crippen LogP contribution in [0.5, 0.6) is 5.75 Å². The molecular weight excluding hydrogens is 294 g/mol. The van der Waals surface area contributed by atoms with Gasteiger partial charge in [-0.1, -0.05) is 17.3 Å². The van der Waals surface area contributed by atoms with Crippen LogP contribution in [0.4, 0.5) is 0 Å². The second-order valence-electron chi connectivity index (χ2n) is 5.15. The molecular formula is C18H15NO4. The fourth-order valence-electron chi connectivity index (χ4n) is 2.39. The molecule has 116 valence electrons. The zero-order valence-electron chi connectivity index (χ0n) is 12.7. The molecule has 0 radical (unpaired) electrons. The molecule has 0 bridgehead atoms. The fourth-order valence-corrected chi connectivity index (χ4v) is 2.39. The first-order valence-corrected chi connectivity index (χ1v) is 7.04. The van der Waals surface area contributed by atoms with Gasteiger partial charge in [-0.15, -0.1) is 0 Å². The highest BCUT2D eigenvalue weighted by atomic mass is 16.5. The Morgan fingerprint density at radius 3 is 2.74 bits per heavy atom. The van der Waals surface area contributed by atoms with Crippen LogP contribution in [0.15, 0.2) is 53.1 Å². The molecule has 0 unspecified atom stereocenters. The lowest BCUT2D eigenvalue weighted by Crippen LogP contribution is -2.00. The Hall–Kier alpha value is -3.08. The Labute approximate surface area is 133 Å². The monoisotopic (exact) mass is 309 g/mol. The molecule has 1 heterocycles. The lowest BCUT2D eigenvalue weighted by molar-refractivity contribution is 0.0601. The van der Waals surface area contributed by atoms with E-state index < -0.39 is 5.97 Å². The van der Waals surface area contributed by atoms with Gasteiger partial charge in [-0.25, -0.2) is 4.79 Å². The minimum atomic E-state index is -0.398. The Morgan fingerprint density at radius 2 is 2.00 bits per heavy atom. The standard InChI is InChI=1S/C18H15NO4/c1-11-8-14(20)6-7-15(11)17-10-16(19-23-17)12-4-3-5-13(9-12)18(21)22-2/h3-10,20H,1-2H3. The number of methoxy groups -OCH3 is 1. The molecule has 5 heteroatoms. The van der Waals surface area contributed by atoms with E-state index in [2.05, 4.69) is 5.16 Å². The number of hydrogen-bond acceptors (Lipinski definition) is 5. The highest BCUT2D eigenvalue weighted by molar-refractivity contribution is 5.90. The first-order valence-electron chi connectivity index (χ1n) is 7.04. The quantitative estimate of drug-likeness (QED) is 0.745. The van der Waals surface area contributed by atoms with Gasteiger partial charge in [-0.2, -0.15) is 0 Å². The first-order chi connectivity index (χ1) is 11.1. The van der Waals surface area contributed by atoms with E-state index in [1.165, 1.54) is 7.11 Å². The molecule has 0 atom stereocenters. The maximum Gasteiger partial charge on any atom is 0.337 e. The van der Waals surface area contributed by atoms with Gasteiger partial charge in [0, 0.05) is 17.2 Å². The highest BCUT2D eigenvalue weighted by Gasteiger charge is 2.13. The molecule has 1 N–H and O–H groups in total. The molecule has 3 aromatic rings. The second kappa shape index (κ2) is 5.96. The summed E-state index contributed by atoms with van der Waals surface area (Å²) in [6.07, 6.45) is 0. The number of aromatic nitrogens is 1. The molecule has 0 fully saturated rings. The summed E-state index contributed by atoms with van der Waals surface area (Å²) in [5.74, 6) is 0.405. The molecule has 0 spiro atoms.